The summed E-state index contributed by atoms with van der Waals surface area (Å²) in [5.74, 6) is 1.40. The van der Waals surface area contributed by atoms with E-state index in [2.05, 4.69) is 10.3 Å². The number of aryl methyl sites for hydroxylation is 3. The monoisotopic (exact) mass is 397 g/mol. The Kier molecular flexibility index (Phi) is 6.05. The van der Waals surface area contributed by atoms with Crippen molar-refractivity contribution in [1.82, 2.24) is 14.9 Å². The van der Waals surface area contributed by atoms with E-state index in [0.29, 0.717) is 12.3 Å². The van der Waals surface area contributed by atoms with Crippen LogP contribution in [0.15, 0.2) is 48.8 Å². The number of nitrogens with one attached hydrogen (secondary N) is 1. The van der Waals surface area contributed by atoms with Gasteiger partial charge in [-0.25, -0.2) is 4.98 Å². The second-order valence-electron chi connectivity index (χ2n) is 6.86. The molecule has 0 aliphatic heterocycles. The number of imidazole rings is 1. The van der Waals surface area contributed by atoms with Crippen molar-refractivity contribution < 1.29 is 9.53 Å². The molecule has 1 aromatic heterocycles. The van der Waals surface area contributed by atoms with Gasteiger partial charge in [0.25, 0.3) is 5.91 Å². The average Bonchev–Trinajstić information content (AvgIpc) is 3.10. The number of carbonyl (C=O) groups excluding carboxylic acids is 1. The van der Waals surface area contributed by atoms with Gasteiger partial charge in [0.2, 0.25) is 0 Å². The van der Waals surface area contributed by atoms with Gasteiger partial charge in [0.15, 0.2) is 6.10 Å². The van der Waals surface area contributed by atoms with Crippen LogP contribution in [0, 0.1) is 20.8 Å². The third-order valence-electron chi connectivity index (χ3n) is 4.60. The van der Waals surface area contributed by atoms with Crippen molar-refractivity contribution in [2.24, 2.45) is 0 Å². The maximum absolute atomic E-state index is 12.4. The molecule has 0 saturated carbocycles. The molecule has 0 saturated heterocycles. The Bertz CT molecular complexity index is 957. The number of nitrogens with zero attached hydrogens (tertiary/aromatic N) is 2. The van der Waals surface area contributed by atoms with Crippen LogP contribution in [-0.2, 0) is 11.3 Å². The van der Waals surface area contributed by atoms with E-state index in [-0.39, 0.29) is 5.91 Å². The van der Waals surface area contributed by atoms with Gasteiger partial charge in [-0.3, -0.25) is 4.79 Å². The number of carbonyl (C=O) groups is 1. The maximum Gasteiger partial charge on any atom is 0.261 e. The van der Waals surface area contributed by atoms with E-state index in [9.17, 15) is 4.79 Å². The van der Waals surface area contributed by atoms with E-state index in [4.69, 9.17) is 16.3 Å². The maximum atomic E-state index is 12.4. The molecule has 0 aliphatic rings. The summed E-state index contributed by atoms with van der Waals surface area (Å²) in [6, 6.07) is 11.7. The Hall–Kier alpha value is -2.79. The van der Waals surface area contributed by atoms with E-state index in [1.807, 2.05) is 67.9 Å². The van der Waals surface area contributed by atoms with Crippen LogP contribution in [0.3, 0.4) is 0 Å². The number of aromatic nitrogens is 2. The van der Waals surface area contributed by atoms with Crippen molar-refractivity contribution in [2.75, 3.05) is 0 Å². The van der Waals surface area contributed by atoms with Crippen molar-refractivity contribution in [3.8, 4) is 11.4 Å². The topological polar surface area (TPSA) is 56.1 Å². The highest BCUT2D eigenvalue weighted by Gasteiger charge is 2.15. The molecule has 6 heteroatoms. The van der Waals surface area contributed by atoms with Gasteiger partial charge < -0.3 is 14.6 Å². The minimum atomic E-state index is -0.604. The molecule has 3 aromatic rings. The largest absolute Gasteiger partial charge is 0.481 e. The first-order valence-corrected chi connectivity index (χ1v) is 9.53. The summed E-state index contributed by atoms with van der Waals surface area (Å²) in [7, 11) is 0. The van der Waals surface area contributed by atoms with Crippen molar-refractivity contribution >= 4 is 17.5 Å². The molecular weight excluding hydrogens is 374 g/mol. The predicted octanol–water partition coefficient (Wildman–Crippen LogP) is 4.53. The SMILES string of the molecule is Cc1cc(O[C@H](C)C(=O)NCc2ccc(-n3ccnc3C)cc2)cc(C)c1Cl. The number of halogens is 1. The molecule has 1 heterocycles. The molecule has 0 radical (unpaired) electrons. The molecule has 1 atom stereocenters. The molecule has 0 unspecified atom stereocenters. The lowest BCUT2D eigenvalue weighted by molar-refractivity contribution is -0.127. The third-order valence-corrected chi connectivity index (χ3v) is 5.20. The summed E-state index contributed by atoms with van der Waals surface area (Å²) < 4.78 is 7.79. The van der Waals surface area contributed by atoms with Crippen molar-refractivity contribution in [2.45, 2.75) is 40.3 Å². The minimum Gasteiger partial charge on any atom is -0.481 e. The van der Waals surface area contributed by atoms with Crippen LogP contribution in [0.2, 0.25) is 5.02 Å². The number of ether oxygens (including phenoxy) is 1. The van der Waals surface area contributed by atoms with E-state index in [1.54, 1.807) is 13.1 Å². The lowest BCUT2D eigenvalue weighted by atomic mass is 10.1. The summed E-state index contributed by atoms with van der Waals surface area (Å²) in [6.45, 7) is 7.97. The smallest absolute Gasteiger partial charge is 0.261 e. The van der Waals surface area contributed by atoms with Gasteiger partial charge in [-0.05, 0) is 68.7 Å². The van der Waals surface area contributed by atoms with Crippen LogP contribution in [0.5, 0.6) is 5.75 Å². The number of benzene rings is 2. The van der Waals surface area contributed by atoms with Crippen molar-refractivity contribution in [1.29, 1.82) is 0 Å². The lowest BCUT2D eigenvalue weighted by Crippen LogP contribution is -2.35. The van der Waals surface area contributed by atoms with Crippen LogP contribution in [0.25, 0.3) is 5.69 Å². The molecule has 1 N–H and O–H groups in total. The van der Waals surface area contributed by atoms with Crippen LogP contribution in [0.4, 0.5) is 0 Å². The minimum absolute atomic E-state index is 0.167. The summed E-state index contributed by atoms with van der Waals surface area (Å²) >= 11 is 6.18. The fraction of sp³-hybridized carbons (Fsp3) is 0.273. The van der Waals surface area contributed by atoms with Gasteiger partial charge in [-0.15, -0.1) is 0 Å². The van der Waals surface area contributed by atoms with Crippen LogP contribution < -0.4 is 10.1 Å². The van der Waals surface area contributed by atoms with E-state index in [1.165, 1.54) is 0 Å². The summed E-state index contributed by atoms with van der Waals surface area (Å²) in [4.78, 5) is 16.6. The lowest BCUT2D eigenvalue weighted by Gasteiger charge is -2.16. The standard InChI is InChI=1S/C22H24ClN3O2/c1-14-11-20(12-15(2)21(14)23)28-16(3)22(27)25-13-18-5-7-19(8-6-18)26-10-9-24-17(26)4/h5-12,16H,13H2,1-4H3,(H,25,27)/t16-/m1/s1. The first kappa shape index (κ1) is 20.0. The van der Waals surface area contributed by atoms with Gasteiger partial charge in [-0.1, -0.05) is 23.7 Å². The van der Waals surface area contributed by atoms with Gasteiger partial charge in [0.1, 0.15) is 11.6 Å². The van der Waals surface area contributed by atoms with Crippen LogP contribution >= 0.6 is 11.6 Å². The number of rotatable bonds is 6. The molecule has 3 rings (SSSR count). The Balaban J connectivity index is 1.57. The fourth-order valence-electron chi connectivity index (χ4n) is 2.99. The normalized spacial score (nSPS) is 11.9. The zero-order valence-corrected chi connectivity index (χ0v) is 17.2. The molecule has 5 nitrogen and oxygen atoms in total. The zero-order chi connectivity index (χ0) is 20.3. The average molecular weight is 398 g/mol. The molecule has 0 bridgehead atoms. The molecule has 0 spiro atoms. The molecule has 0 aliphatic carbocycles. The van der Waals surface area contributed by atoms with Crippen LogP contribution in [0.1, 0.15) is 29.4 Å². The van der Waals surface area contributed by atoms with Gasteiger partial charge in [0, 0.05) is 29.6 Å². The second kappa shape index (κ2) is 8.48. The molecule has 1 amide bonds. The zero-order valence-electron chi connectivity index (χ0n) is 16.5. The quantitative estimate of drug-likeness (QED) is 0.664. The summed E-state index contributed by atoms with van der Waals surface area (Å²) in [5.41, 5.74) is 3.91. The molecule has 0 fully saturated rings. The number of amides is 1. The van der Waals surface area contributed by atoms with Gasteiger partial charge >= 0.3 is 0 Å². The third kappa shape index (κ3) is 4.54. The van der Waals surface area contributed by atoms with Gasteiger partial charge in [0.05, 0.1) is 0 Å². The first-order chi connectivity index (χ1) is 13.3. The highest BCUT2D eigenvalue weighted by Crippen LogP contribution is 2.26. The Morgan fingerprint density at radius 2 is 1.82 bits per heavy atom. The van der Waals surface area contributed by atoms with Crippen LogP contribution in [-0.4, -0.2) is 21.6 Å². The highest BCUT2D eigenvalue weighted by atomic mass is 35.5. The Morgan fingerprint density at radius 3 is 2.39 bits per heavy atom. The number of hydrogen-bond donors (Lipinski definition) is 1. The predicted molar refractivity (Wildman–Crippen MR) is 111 cm³/mol. The van der Waals surface area contributed by atoms with Crippen molar-refractivity contribution in [3.63, 3.8) is 0 Å². The second-order valence-corrected chi connectivity index (χ2v) is 7.24. The molecule has 146 valence electrons. The Labute approximate surface area is 170 Å². The highest BCUT2D eigenvalue weighted by molar-refractivity contribution is 6.32. The van der Waals surface area contributed by atoms with Crippen molar-refractivity contribution in [3.05, 3.63) is 76.3 Å². The van der Waals surface area contributed by atoms with Gasteiger partial charge in [-0.2, -0.15) is 0 Å². The summed E-state index contributed by atoms with van der Waals surface area (Å²) in [5, 5.41) is 3.64. The van der Waals surface area contributed by atoms with E-state index >= 15 is 0 Å². The van der Waals surface area contributed by atoms with E-state index < -0.39 is 6.10 Å². The summed E-state index contributed by atoms with van der Waals surface area (Å²) in [6.07, 6.45) is 3.09. The molecule has 28 heavy (non-hydrogen) atoms. The Morgan fingerprint density at radius 1 is 1.18 bits per heavy atom. The molecule has 2 aromatic carbocycles. The number of hydrogen-bond acceptors (Lipinski definition) is 3. The molecular formula is C22H24ClN3O2. The fourth-order valence-corrected chi connectivity index (χ4v) is 3.10. The first-order valence-electron chi connectivity index (χ1n) is 9.15. The van der Waals surface area contributed by atoms with E-state index in [0.717, 1.165) is 33.2 Å².